The predicted octanol–water partition coefficient (Wildman–Crippen LogP) is 0.0319. The van der Waals surface area contributed by atoms with Gasteiger partial charge in [0.05, 0.1) is 12.2 Å². The van der Waals surface area contributed by atoms with Crippen molar-refractivity contribution in [3.63, 3.8) is 0 Å². The highest BCUT2D eigenvalue weighted by Crippen LogP contribution is 2.06. The third-order valence-corrected chi connectivity index (χ3v) is 3.11. The van der Waals surface area contributed by atoms with Gasteiger partial charge in [0.15, 0.2) is 0 Å². The van der Waals surface area contributed by atoms with Crippen LogP contribution in [0.15, 0.2) is 24.3 Å². The van der Waals surface area contributed by atoms with Crippen molar-refractivity contribution in [1.29, 1.82) is 0 Å². The van der Waals surface area contributed by atoms with E-state index in [1.165, 1.54) is 0 Å². The van der Waals surface area contributed by atoms with Crippen molar-refractivity contribution in [2.24, 2.45) is 0 Å². The first-order valence-corrected chi connectivity index (χ1v) is 6.59. The Morgan fingerprint density at radius 3 is 3.00 bits per heavy atom. The molecule has 1 unspecified atom stereocenters. The van der Waals surface area contributed by atoms with Gasteiger partial charge in [0.25, 0.3) is 0 Å². The van der Waals surface area contributed by atoms with Crippen LogP contribution in [0.1, 0.15) is 15.9 Å². The van der Waals surface area contributed by atoms with Crippen LogP contribution in [0.5, 0.6) is 0 Å². The SMILES string of the molecule is O=C(O)c1cccc(CCNC(=O)C2CNCCO2)c1. The van der Waals surface area contributed by atoms with Crippen LogP contribution in [-0.2, 0) is 16.0 Å². The lowest BCUT2D eigenvalue weighted by Gasteiger charge is -2.22. The van der Waals surface area contributed by atoms with E-state index >= 15 is 0 Å². The van der Waals surface area contributed by atoms with Gasteiger partial charge in [-0.05, 0) is 24.1 Å². The third-order valence-electron chi connectivity index (χ3n) is 3.11. The highest BCUT2D eigenvalue weighted by Gasteiger charge is 2.20. The first-order chi connectivity index (χ1) is 9.66. The maximum Gasteiger partial charge on any atom is 0.335 e. The molecule has 3 N–H and O–H groups in total. The highest BCUT2D eigenvalue weighted by molar-refractivity contribution is 5.87. The summed E-state index contributed by atoms with van der Waals surface area (Å²) >= 11 is 0. The molecule has 1 aliphatic rings. The highest BCUT2D eigenvalue weighted by atomic mass is 16.5. The van der Waals surface area contributed by atoms with E-state index in [0.29, 0.717) is 26.1 Å². The Morgan fingerprint density at radius 1 is 1.45 bits per heavy atom. The minimum atomic E-state index is -0.947. The van der Waals surface area contributed by atoms with Crippen LogP contribution in [0.2, 0.25) is 0 Å². The summed E-state index contributed by atoms with van der Waals surface area (Å²) in [6.07, 6.45) is 0.154. The number of ether oxygens (including phenoxy) is 1. The molecule has 1 fully saturated rings. The summed E-state index contributed by atoms with van der Waals surface area (Å²) in [5, 5.41) is 14.8. The molecular weight excluding hydrogens is 260 g/mol. The van der Waals surface area contributed by atoms with Crippen LogP contribution in [0.3, 0.4) is 0 Å². The number of carbonyl (C=O) groups is 2. The van der Waals surface area contributed by atoms with Crippen molar-refractivity contribution >= 4 is 11.9 Å². The number of morpholine rings is 1. The van der Waals surface area contributed by atoms with Crippen LogP contribution in [0.25, 0.3) is 0 Å². The first-order valence-electron chi connectivity index (χ1n) is 6.59. The molecule has 1 aromatic carbocycles. The second kappa shape index (κ2) is 7.02. The lowest BCUT2D eigenvalue weighted by molar-refractivity contribution is -0.134. The van der Waals surface area contributed by atoms with Gasteiger partial charge < -0.3 is 20.5 Å². The normalized spacial score (nSPS) is 18.5. The molecule has 0 spiro atoms. The number of carbonyl (C=O) groups excluding carboxylic acids is 1. The van der Waals surface area contributed by atoms with Gasteiger partial charge in [0, 0.05) is 19.6 Å². The quantitative estimate of drug-likeness (QED) is 0.707. The Labute approximate surface area is 117 Å². The molecule has 6 nitrogen and oxygen atoms in total. The minimum absolute atomic E-state index is 0.133. The fraction of sp³-hybridized carbons (Fsp3) is 0.429. The maximum atomic E-state index is 11.8. The van der Waals surface area contributed by atoms with Gasteiger partial charge in [0.1, 0.15) is 6.10 Å². The Bertz CT molecular complexity index is 484. The van der Waals surface area contributed by atoms with Crippen LogP contribution < -0.4 is 10.6 Å². The van der Waals surface area contributed by atoms with E-state index in [1.54, 1.807) is 18.2 Å². The molecule has 2 rings (SSSR count). The van der Waals surface area contributed by atoms with Gasteiger partial charge in [-0.1, -0.05) is 12.1 Å². The van der Waals surface area contributed by atoms with E-state index in [2.05, 4.69) is 10.6 Å². The van der Waals surface area contributed by atoms with Crippen LogP contribution >= 0.6 is 0 Å². The zero-order valence-corrected chi connectivity index (χ0v) is 11.1. The molecule has 1 aliphatic heterocycles. The van der Waals surface area contributed by atoms with Gasteiger partial charge in [0.2, 0.25) is 5.91 Å². The zero-order valence-electron chi connectivity index (χ0n) is 11.1. The largest absolute Gasteiger partial charge is 0.478 e. The van der Waals surface area contributed by atoms with Crippen molar-refractivity contribution < 1.29 is 19.4 Å². The lowest BCUT2D eigenvalue weighted by Crippen LogP contribution is -2.48. The summed E-state index contributed by atoms with van der Waals surface area (Å²) in [4.78, 5) is 22.6. The third kappa shape index (κ3) is 4.04. The van der Waals surface area contributed by atoms with Crippen molar-refractivity contribution in [3.05, 3.63) is 35.4 Å². The van der Waals surface area contributed by atoms with Crippen molar-refractivity contribution in [2.45, 2.75) is 12.5 Å². The fourth-order valence-electron chi connectivity index (χ4n) is 2.04. The smallest absolute Gasteiger partial charge is 0.335 e. The maximum absolute atomic E-state index is 11.8. The number of rotatable bonds is 5. The molecular formula is C14H18N2O4. The van der Waals surface area contributed by atoms with Crippen molar-refractivity contribution in [3.8, 4) is 0 Å². The summed E-state index contributed by atoms with van der Waals surface area (Å²) in [6, 6.07) is 6.71. The number of amides is 1. The van der Waals surface area contributed by atoms with E-state index in [4.69, 9.17) is 9.84 Å². The zero-order chi connectivity index (χ0) is 14.4. The van der Waals surface area contributed by atoms with Crippen LogP contribution in [-0.4, -0.2) is 49.3 Å². The van der Waals surface area contributed by atoms with Crippen LogP contribution in [0.4, 0.5) is 0 Å². The average Bonchev–Trinajstić information content (AvgIpc) is 2.48. The molecule has 0 aromatic heterocycles. The molecule has 1 aromatic rings. The molecule has 0 saturated carbocycles. The number of carboxylic acid groups (broad SMARTS) is 1. The van der Waals surface area contributed by atoms with Gasteiger partial charge in [-0.25, -0.2) is 4.79 Å². The molecule has 1 saturated heterocycles. The molecule has 6 heteroatoms. The fourth-order valence-corrected chi connectivity index (χ4v) is 2.04. The standard InChI is InChI=1S/C14H18N2O4/c17-13(12-9-15-6-7-20-12)16-5-4-10-2-1-3-11(8-10)14(18)19/h1-3,8,12,15H,4-7,9H2,(H,16,17)(H,18,19). The number of aromatic carboxylic acids is 1. The summed E-state index contributed by atoms with van der Waals surface area (Å²) < 4.78 is 5.34. The van der Waals surface area contributed by atoms with E-state index in [0.717, 1.165) is 12.1 Å². The number of nitrogens with one attached hydrogen (secondary N) is 2. The molecule has 20 heavy (non-hydrogen) atoms. The number of hydrogen-bond donors (Lipinski definition) is 3. The molecule has 0 bridgehead atoms. The van der Waals surface area contributed by atoms with Crippen LogP contribution in [0, 0.1) is 0 Å². The second-order valence-electron chi connectivity index (χ2n) is 4.61. The number of carboxylic acids is 1. The predicted molar refractivity (Wildman–Crippen MR) is 72.7 cm³/mol. The Hall–Kier alpha value is -1.92. The summed E-state index contributed by atoms with van der Waals surface area (Å²) in [7, 11) is 0. The summed E-state index contributed by atoms with van der Waals surface area (Å²) in [5.74, 6) is -1.08. The number of hydrogen-bond acceptors (Lipinski definition) is 4. The molecule has 0 aliphatic carbocycles. The molecule has 1 atom stereocenters. The lowest BCUT2D eigenvalue weighted by atomic mass is 10.1. The monoisotopic (exact) mass is 278 g/mol. The number of benzene rings is 1. The molecule has 1 amide bonds. The summed E-state index contributed by atoms with van der Waals surface area (Å²) in [5.41, 5.74) is 1.14. The Kier molecular flexibility index (Phi) is 5.09. The molecule has 108 valence electrons. The van der Waals surface area contributed by atoms with Gasteiger partial charge in [-0.15, -0.1) is 0 Å². The van der Waals surface area contributed by atoms with Crippen molar-refractivity contribution in [1.82, 2.24) is 10.6 Å². The molecule has 1 heterocycles. The average molecular weight is 278 g/mol. The van der Waals surface area contributed by atoms with E-state index in [9.17, 15) is 9.59 Å². The Balaban J connectivity index is 1.79. The summed E-state index contributed by atoms with van der Waals surface area (Å²) in [6.45, 7) is 2.30. The van der Waals surface area contributed by atoms with Gasteiger partial charge in [-0.2, -0.15) is 0 Å². The Morgan fingerprint density at radius 2 is 2.30 bits per heavy atom. The topological polar surface area (TPSA) is 87.7 Å². The van der Waals surface area contributed by atoms with Gasteiger partial charge in [-0.3, -0.25) is 4.79 Å². The molecule has 0 radical (unpaired) electrons. The van der Waals surface area contributed by atoms with E-state index < -0.39 is 12.1 Å². The second-order valence-corrected chi connectivity index (χ2v) is 4.61. The van der Waals surface area contributed by atoms with E-state index in [-0.39, 0.29) is 11.5 Å². The van der Waals surface area contributed by atoms with Gasteiger partial charge >= 0.3 is 5.97 Å². The first kappa shape index (κ1) is 14.5. The van der Waals surface area contributed by atoms with E-state index in [1.807, 2.05) is 6.07 Å². The minimum Gasteiger partial charge on any atom is -0.478 e. The van der Waals surface area contributed by atoms with Crippen molar-refractivity contribution in [2.75, 3.05) is 26.2 Å².